The van der Waals surface area contributed by atoms with Crippen molar-refractivity contribution >= 4 is 29.9 Å². The Hall–Kier alpha value is -3.99. The molecule has 21 heteroatoms. The lowest BCUT2D eigenvalue weighted by atomic mass is 10.3. The number of nitrogens with zero attached hydrogens (tertiary/aromatic N) is 6. The fourth-order valence-electron chi connectivity index (χ4n) is 5.29. The smallest absolute Gasteiger partial charge is 0.304 e. The summed E-state index contributed by atoms with van der Waals surface area (Å²) >= 11 is 0. The predicted molar refractivity (Wildman–Crippen MR) is 160 cm³/mol. The number of hydrogen-bond acceptors (Lipinski definition) is 12. The normalized spacial score (nSPS) is 18.1. The second-order valence-corrected chi connectivity index (χ2v) is 16.8. The molecule has 0 spiro atoms. The Kier molecular flexibility index (Phi) is 8.57. The number of nitrogens with one attached hydrogen (secondary N) is 2. The van der Waals surface area contributed by atoms with Gasteiger partial charge in [-0.15, -0.1) is 0 Å². The van der Waals surface area contributed by atoms with E-state index in [4.69, 9.17) is 9.05 Å². The molecule has 2 aromatic heterocycles. The Morgan fingerprint density at radius 2 is 0.872 bits per heavy atom. The summed E-state index contributed by atoms with van der Waals surface area (Å²) in [4.78, 5) is 28.6. The van der Waals surface area contributed by atoms with Crippen LogP contribution in [0.4, 0.5) is 0 Å². The molecule has 2 N–H and O–H groups in total. The summed E-state index contributed by atoms with van der Waals surface area (Å²) in [5, 5.41) is 3.27. The SMILES string of the molecule is CN1CCN(S(=O)(=O)c2c(=O)o[nH][n+]2-c2ccc(S(=O)(=O)c3ccc(-[n+]4[nH]oc(=O)c4S(=O)(=O)N4CCN(C)CC4)cc3)cc2)CC1. The number of benzene rings is 2. The average molecular weight is 713 g/mol. The second-order valence-electron chi connectivity index (χ2n) is 11.1. The van der Waals surface area contributed by atoms with Gasteiger partial charge in [0.05, 0.1) is 9.79 Å². The van der Waals surface area contributed by atoms with E-state index >= 15 is 0 Å². The summed E-state index contributed by atoms with van der Waals surface area (Å²) in [6, 6.07) is 10.2. The molecule has 0 saturated carbocycles. The van der Waals surface area contributed by atoms with Crippen molar-refractivity contribution in [3.05, 3.63) is 69.4 Å². The second kappa shape index (κ2) is 12.2. The van der Waals surface area contributed by atoms with E-state index in [0.29, 0.717) is 26.2 Å². The summed E-state index contributed by atoms with van der Waals surface area (Å²) in [5.74, 6) is 0. The number of hydrogen-bond donors (Lipinski definition) is 2. The Morgan fingerprint density at radius 3 is 1.19 bits per heavy atom. The highest BCUT2D eigenvalue weighted by molar-refractivity contribution is 7.91. The highest BCUT2D eigenvalue weighted by atomic mass is 32.2. The molecule has 0 amide bonds. The van der Waals surface area contributed by atoms with Crippen LogP contribution in [0.3, 0.4) is 0 Å². The van der Waals surface area contributed by atoms with Crippen LogP contribution >= 0.6 is 0 Å². The van der Waals surface area contributed by atoms with Crippen LogP contribution in [-0.2, 0) is 29.9 Å². The van der Waals surface area contributed by atoms with E-state index in [1.54, 1.807) is 0 Å². The third kappa shape index (κ3) is 5.98. The van der Waals surface area contributed by atoms with E-state index in [1.807, 2.05) is 23.9 Å². The molecular weight excluding hydrogens is 681 g/mol. The molecule has 2 aromatic carbocycles. The minimum absolute atomic E-state index is 0.132. The van der Waals surface area contributed by atoms with Crippen LogP contribution in [0.2, 0.25) is 0 Å². The Labute approximate surface area is 268 Å². The molecule has 0 bridgehead atoms. The zero-order chi connectivity index (χ0) is 33.7. The lowest BCUT2D eigenvalue weighted by Crippen LogP contribution is -2.51. The monoisotopic (exact) mass is 712 g/mol. The van der Waals surface area contributed by atoms with Crippen molar-refractivity contribution in [2.24, 2.45) is 0 Å². The molecule has 2 fully saturated rings. The number of aromatic nitrogens is 4. The first-order valence-corrected chi connectivity index (χ1v) is 18.7. The van der Waals surface area contributed by atoms with Crippen LogP contribution in [0.1, 0.15) is 0 Å². The fourth-order valence-corrected chi connectivity index (χ4v) is 9.58. The maximum atomic E-state index is 13.5. The Balaban J connectivity index is 1.26. The van der Waals surface area contributed by atoms with Gasteiger partial charge >= 0.3 is 41.3 Å². The lowest BCUT2D eigenvalue weighted by molar-refractivity contribution is -0.706. The summed E-state index contributed by atoms with van der Waals surface area (Å²) in [6.07, 6.45) is 0. The number of sulfonamides is 2. The maximum absolute atomic E-state index is 13.5. The minimum atomic E-state index is -4.24. The van der Waals surface area contributed by atoms with Crippen molar-refractivity contribution in [1.82, 2.24) is 29.0 Å². The Bertz CT molecular complexity index is 2070. The Morgan fingerprint density at radius 1 is 0.553 bits per heavy atom. The van der Waals surface area contributed by atoms with Crippen LogP contribution in [-0.4, -0.2) is 121 Å². The third-order valence-electron chi connectivity index (χ3n) is 8.12. The van der Waals surface area contributed by atoms with E-state index in [1.165, 1.54) is 57.1 Å². The molecular formula is C26H32N8O10S3+2. The molecule has 0 unspecified atom stereocenters. The van der Waals surface area contributed by atoms with E-state index in [2.05, 4.69) is 10.5 Å². The van der Waals surface area contributed by atoms with Crippen molar-refractivity contribution < 1.29 is 43.7 Å². The first-order valence-electron chi connectivity index (χ1n) is 14.3. The molecule has 2 aliphatic heterocycles. The summed E-state index contributed by atoms with van der Waals surface area (Å²) in [7, 11) is -8.88. The van der Waals surface area contributed by atoms with E-state index in [-0.39, 0.29) is 47.3 Å². The van der Waals surface area contributed by atoms with Crippen LogP contribution in [0.15, 0.2) is 87.0 Å². The molecule has 6 rings (SSSR count). The molecule has 4 aromatic rings. The molecule has 0 radical (unpaired) electrons. The highest BCUT2D eigenvalue weighted by Gasteiger charge is 2.43. The van der Waals surface area contributed by atoms with Gasteiger partial charge in [0.15, 0.2) is 0 Å². The van der Waals surface area contributed by atoms with Gasteiger partial charge in [-0.05, 0) is 58.3 Å². The summed E-state index contributed by atoms with van der Waals surface area (Å²) in [6.45, 7) is 2.67. The number of aromatic amines is 2. The summed E-state index contributed by atoms with van der Waals surface area (Å²) < 4.78 is 94.1. The molecule has 0 atom stereocenters. The van der Waals surface area contributed by atoms with Gasteiger partial charge in [-0.3, -0.25) is 9.05 Å². The van der Waals surface area contributed by atoms with Crippen LogP contribution < -0.4 is 20.6 Å². The van der Waals surface area contributed by atoms with E-state index in [9.17, 15) is 34.8 Å². The van der Waals surface area contributed by atoms with Gasteiger partial charge in [0, 0.05) is 76.6 Å². The molecule has 2 aliphatic rings. The number of piperazine rings is 2. The molecule has 252 valence electrons. The van der Waals surface area contributed by atoms with Gasteiger partial charge in [-0.2, -0.15) is 8.61 Å². The zero-order valence-electron chi connectivity index (χ0n) is 25.3. The maximum Gasteiger partial charge on any atom is 0.448 e. The van der Waals surface area contributed by atoms with Gasteiger partial charge in [0.25, 0.3) is 0 Å². The predicted octanol–water partition coefficient (Wildman–Crippen LogP) is -2.49. The van der Waals surface area contributed by atoms with Gasteiger partial charge in [0.2, 0.25) is 21.2 Å². The quantitative estimate of drug-likeness (QED) is 0.182. The zero-order valence-corrected chi connectivity index (χ0v) is 27.7. The van der Waals surface area contributed by atoms with Crippen molar-refractivity contribution in [3.8, 4) is 11.4 Å². The van der Waals surface area contributed by atoms with Gasteiger partial charge in [-0.25, -0.2) is 34.8 Å². The largest absolute Gasteiger partial charge is 0.448 e. The van der Waals surface area contributed by atoms with Crippen LogP contribution in [0.25, 0.3) is 11.4 Å². The number of likely N-dealkylation sites (N-methyl/N-ethyl adjacent to an activating group) is 2. The van der Waals surface area contributed by atoms with E-state index < -0.39 is 51.2 Å². The number of rotatable bonds is 8. The van der Waals surface area contributed by atoms with Crippen molar-refractivity contribution in [1.29, 1.82) is 0 Å². The lowest BCUT2D eigenvalue weighted by Gasteiger charge is -2.29. The van der Waals surface area contributed by atoms with Crippen molar-refractivity contribution in [2.75, 3.05) is 66.5 Å². The molecule has 0 aliphatic carbocycles. The first-order chi connectivity index (χ1) is 22.2. The fraction of sp³-hybridized carbons (Fsp3) is 0.385. The topological polar surface area (TPSA) is 215 Å². The van der Waals surface area contributed by atoms with Crippen molar-refractivity contribution in [3.63, 3.8) is 0 Å². The summed E-state index contributed by atoms with van der Waals surface area (Å²) in [5.41, 5.74) is -1.94. The number of H-pyrrole nitrogens is 2. The molecule has 2 saturated heterocycles. The highest BCUT2D eigenvalue weighted by Crippen LogP contribution is 2.23. The van der Waals surface area contributed by atoms with Crippen molar-refractivity contribution in [2.45, 2.75) is 19.8 Å². The van der Waals surface area contributed by atoms with E-state index in [0.717, 1.165) is 9.36 Å². The standard InChI is InChI=1S/C26H30N8O10S3/c1-29-11-15-31(16-12-29)46(39,40)23-25(35)43-27-33(23)19-3-7-21(8-4-19)45(37,38)22-9-5-20(6-10-22)34-24(26(36)44-28-34)47(41,42)32-17-13-30(2)14-18-32/h3-10H,11-18H2,1-2H3/p+2. The molecule has 47 heavy (non-hydrogen) atoms. The first kappa shape index (κ1) is 32.9. The number of sulfone groups is 1. The third-order valence-corrected chi connectivity index (χ3v) is 13.7. The average Bonchev–Trinajstić information content (AvgIpc) is 3.65. The minimum Gasteiger partial charge on any atom is -0.304 e. The van der Waals surface area contributed by atoms with Crippen LogP contribution in [0.5, 0.6) is 0 Å². The molecule has 18 nitrogen and oxygen atoms in total. The van der Waals surface area contributed by atoms with Gasteiger partial charge in [-0.1, -0.05) is 0 Å². The van der Waals surface area contributed by atoms with Gasteiger partial charge in [0.1, 0.15) is 0 Å². The van der Waals surface area contributed by atoms with Crippen LogP contribution in [0, 0.1) is 0 Å². The molecule has 4 heterocycles. The van der Waals surface area contributed by atoms with Gasteiger partial charge < -0.3 is 9.80 Å².